The van der Waals surface area contributed by atoms with Gasteiger partial charge in [-0.05, 0) is 19.9 Å². The van der Waals surface area contributed by atoms with Gasteiger partial charge in [-0.1, -0.05) is 0 Å². The Balaban J connectivity index is 2.96. The molecule has 1 aromatic carbocycles. The molecular formula is C12H18N2O4. The lowest BCUT2D eigenvalue weighted by molar-refractivity contribution is -0.385. The first-order valence-electron chi connectivity index (χ1n) is 5.49. The monoisotopic (exact) mass is 254 g/mol. The van der Waals surface area contributed by atoms with Gasteiger partial charge in [-0.15, -0.1) is 0 Å². The quantitative estimate of drug-likeness (QED) is 0.623. The van der Waals surface area contributed by atoms with Crippen molar-refractivity contribution in [1.82, 2.24) is 0 Å². The molecule has 100 valence electrons. The molecule has 0 fully saturated rings. The highest BCUT2D eigenvalue weighted by atomic mass is 16.6. The van der Waals surface area contributed by atoms with E-state index in [0.29, 0.717) is 6.61 Å². The number of benzene rings is 1. The maximum atomic E-state index is 10.8. The Labute approximate surface area is 106 Å². The number of nitrogens with zero attached hydrogens (tertiary/aromatic N) is 1. The van der Waals surface area contributed by atoms with Crippen molar-refractivity contribution in [3.8, 4) is 5.75 Å². The minimum Gasteiger partial charge on any atom is -0.490 e. The van der Waals surface area contributed by atoms with E-state index in [1.807, 2.05) is 13.8 Å². The highest BCUT2D eigenvalue weighted by Gasteiger charge is 2.20. The van der Waals surface area contributed by atoms with E-state index < -0.39 is 4.92 Å². The van der Waals surface area contributed by atoms with E-state index in [-0.39, 0.29) is 17.0 Å². The fourth-order valence-corrected chi connectivity index (χ4v) is 1.69. The van der Waals surface area contributed by atoms with Crippen LogP contribution in [0.15, 0.2) is 18.2 Å². The van der Waals surface area contributed by atoms with Gasteiger partial charge in [-0.25, -0.2) is 0 Å². The van der Waals surface area contributed by atoms with Crippen LogP contribution < -0.4 is 10.1 Å². The molecule has 0 unspecified atom stereocenters. The predicted molar refractivity (Wildman–Crippen MR) is 69.2 cm³/mol. The Kier molecular flexibility index (Phi) is 4.49. The van der Waals surface area contributed by atoms with E-state index in [0.717, 1.165) is 5.69 Å². The van der Waals surface area contributed by atoms with Crippen molar-refractivity contribution in [3.63, 3.8) is 0 Å². The van der Waals surface area contributed by atoms with Gasteiger partial charge in [0.2, 0.25) is 0 Å². The Hall–Kier alpha value is -1.82. The lowest BCUT2D eigenvalue weighted by atomic mass is 10.1. The van der Waals surface area contributed by atoms with Crippen molar-refractivity contribution in [1.29, 1.82) is 0 Å². The third kappa shape index (κ3) is 3.59. The highest BCUT2D eigenvalue weighted by molar-refractivity contribution is 5.58. The number of rotatable bonds is 6. The Morgan fingerprint density at radius 2 is 2.06 bits per heavy atom. The largest absolute Gasteiger partial charge is 0.490 e. The van der Waals surface area contributed by atoms with Crippen LogP contribution in [-0.2, 0) is 4.74 Å². The zero-order valence-corrected chi connectivity index (χ0v) is 11.0. The summed E-state index contributed by atoms with van der Waals surface area (Å²) in [6, 6.07) is 4.68. The van der Waals surface area contributed by atoms with Gasteiger partial charge in [0.05, 0.1) is 24.2 Å². The van der Waals surface area contributed by atoms with Crippen LogP contribution in [0.25, 0.3) is 0 Å². The molecular weight excluding hydrogens is 236 g/mol. The summed E-state index contributed by atoms with van der Waals surface area (Å²) in [7, 11) is 3.03. The maximum Gasteiger partial charge on any atom is 0.311 e. The molecule has 0 amide bonds. The molecule has 0 aromatic heterocycles. The molecule has 6 heteroatoms. The number of methoxy groups -OCH3 is 2. The summed E-state index contributed by atoms with van der Waals surface area (Å²) >= 11 is 0. The van der Waals surface area contributed by atoms with Crippen LogP contribution >= 0.6 is 0 Å². The van der Waals surface area contributed by atoms with E-state index in [4.69, 9.17) is 9.47 Å². The zero-order chi connectivity index (χ0) is 13.8. The Morgan fingerprint density at radius 3 is 2.56 bits per heavy atom. The van der Waals surface area contributed by atoms with Crippen LogP contribution in [-0.4, -0.2) is 31.3 Å². The molecule has 0 radical (unpaired) electrons. The summed E-state index contributed by atoms with van der Waals surface area (Å²) in [6.45, 7) is 4.47. The molecule has 0 saturated carbocycles. The molecule has 18 heavy (non-hydrogen) atoms. The number of hydrogen-bond donors (Lipinski definition) is 1. The van der Waals surface area contributed by atoms with E-state index in [9.17, 15) is 10.1 Å². The molecule has 1 N–H and O–H groups in total. The van der Waals surface area contributed by atoms with E-state index >= 15 is 0 Å². The molecule has 0 aliphatic rings. The summed E-state index contributed by atoms with van der Waals surface area (Å²) in [5.74, 6) is 0.234. The van der Waals surface area contributed by atoms with Crippen molar-refractivity contribution in [2.24, 2.45) is 0 Å². The summed E-state index contributed by atoms with van der Waals surface area (Å²) in [5.41, 5.74) is 0.433. The van der Waals surface area contributed by atoms with Gasteiger partial charge in [0, 0.05) is 24.9 Å². The molecule has 0 aliphatic carbocycles. The summed E-state index contributed by atoms with van der Waals surface area (Å²) < 4.78 is 10.1. The number of nitrogens with one attached hydrogen (secondary N) is 1. The fourth-order valence-electron chi connectivity index (χ4n) is 1.69. The first kappa shape index (κ1) is 14.2. The maximum absolute atomic E-state index is 10.8. The topological polar surface area (TPSA) is 73.6 Å². The average Bonchev–Trinajstić information content (AvgIpc) is 2.27. The molecule has 0 aliphatic heterocycles. The van der Waals surface area contributed by atoms with Crippen LogP contribution in [0.1, 0.15) is 13.8 Å². The van der Waals surface area contributed by atoms with Gasteiger partial charge < -0.3 is 14.8 Å². The van der Waals surface area contributed by atoms with Crippen LogP contribution in [0.2, 0.25) is 0 Å². The summed E-state index contributed by atoms with van der Waals surface area (Å²) in [6.07, 6.45) is 0. The van der Waals surface area contributed by atoms with Crippen LogP contribution in [0.4, 0.5) is 11.4 Å². The lowest BCUT2D eigenvalue weighted by Crippen LogP contribution is -2.35. The molecule has 0 bridgehead atoms. The Bertz CT molecular complexity index is 432. The molecule has 0 spiro atoms. The van der Waals surface area contributed by atoms with Gasteiger partial charge >= 0.3 is 5.69 Å². The van der Waals surface area contributed by atoms with Gasteiger partial charge in [0.25, 0.3) is 0 Å². The molecule has 0 saturated heterocycles. The first-order valence-corrected chi connectivity index (χ1v) is 5.49. The molecule has 0 heterocycles. The average molecular weight is 254 g/mol. The van der Waals surface area contributed by atoms with Crippen molar-refractivity contribution < 1.29 is 14.4 Å². The van der Waals surface area contributed by atoms with Gasteiger partial charge in [0.15, 0.2) is 5.75 Å². The second kappa shape index (κ2) is 5.68. The normalized spacial score (nSPS) is 11.1. The fraction of sp³-hybridized carbons (Fsp3) is 0.500. The lowest BCUT2D eigenvalue weighted by Gasteiger charge is -2.26. The number of hydrogen-bond acceptors (Lipinski definition) is 5. The second-order valence-corrected chi connectivity index (χ2v) is 4.59. The van der Waals surface area contributed by atoms with Crippen molar-refractivity contribution in [2.45, 2.75) is 19.4 Å². The van der Waals surface area contributed by atoms with E-state index in [1.54, 1.807) is 19.2 Å². The van der Waals surface area contributed by atoms with Crippen LogP contribution in [0.5, 0.6) is 5.75 Å². The van der Waals surface area contributed by atoms with Crippen molar-refractivity contribution in [2.75, 3.05) is 26.1 Å². The van der Waals surface area contributed by atoms with E-state index in [2.05, 4.69) is 5.32 Å². The molecule has 6 nitrogen and oxygen atoms in total. The van der Waals surface area contributed by atoms with Gasteiger partial charge in [-0.3, -0.25) is 10.1 Å². The summed E-state index contributed by atoms with van der Waals surface area (Å²) in [5, 5.41) is 14.0. The third-order valence-electron chi connectivity index (χ3n) is 2.36. The molecule has 0 atom stereocenters. The number of ether oxygens (including phenoxy) is 2. The molecule has 1 rings (SSSR count). The van der Waals surface area contributed by atoms with Crippen LogP contribution in [0, 0.1) is 10.1 Å². The minimum absolute atomic E-state index is 0.0485. The SMILES string of the molecule is COCC(C)(C)Nc1ccc([N+](=O)[O-])c(OC)c1. The number of anilines is 1. The number of nitro groups is 1. The third-order valence-corrected chi connectivity index (χ3v) is 2.36. The zero-order valence-electron chi connectivity index (χ0n) is 11.0. The predicted octanol–water partition coefficient (Wildman–Crippen LogP) is 2.44. The van der Waals surface area contributed by atoms with Crippen molar-refractivity contribution >= 4 is 11.4 Å². The minimum atomic E-state index is -0.469. The Morgan fingerprint density at radius 1 is 1.39 bits per heavy atom. The van der Waals surface area contributed by atoms with Crippen LogP contribution in [0.3, 0.4) is 0 Å². The smallest absolute Gasteiger partial charge is 0.311 e. The molecule has 1 aromatic rings. The van der Waals surface area contributed by atoms with E-state index in [1.165, 1.54) is 13.2 Å². The highest BCUT2D eigenvalue weighted by Crippen LogP contribution is 2.30. The second-order valence-electron chi connectivity index (χ2n) is 4.59. The summed E-state index contributed by atoms with van der Waals surface area (Å²) in [4.78, 5) is 10.3. The van der Waals surface area contributed by atoms with Gasteiger partial charge in [-0.2, -0.15) is 0 Å². The number of nitro benzene ring substituents is 1. The first-order chi connectivity index (χ1) is 8.39. The van der Waals surface area contributed by atoms with Gasteiger partial charge in [0.1, 0.15) is 0 Å². The standard InChI is InChI=1S/C12H18N2O4/c1-12(2,8-17-3)13-9-5-6-10(14(15)16)11(7-9)18-4/h5-7,13H,8H2,1-4H3. The van der Waals surface area contributed by atoms with Crippen molar-refractivity contribution in [3.05, 3.63) is 28.3 Å².